The van der Waals surface area contributed by atoms with Crippen LogP contribution < -0.4 is 0 Å². The van der Waals surface area contributed by atoms with Gasteiger partial charge in [-0.2, -0.15) is 0 Å². The first-order valence-electron chi connectivity index (χ1n) is 14.2. The van der Waals surface area contributed by atoms with Crippen LogP contribution in [0.4, 0.5) is 0 Å². The maximum atomic E-state index is 14.4. The van der Waals surface area contributed by atoms with Gasteiger partial charge in [0, 0.05) is 25.6 Å². The minimum atomic E-state index is -0.595. The van der Waals surface area contributed by atoms with E-state index in [4.69, 9.17) is 18.9 Å². The highest BCUT2D eigenvalue weighted by molar-refractivity contribution is 8.01. The predicted octanol–water partition coefficient (Wildman–Crippen LogP) is 6.17. The van der Waals surface area contributed by atoms with Gasteiger partial charge in [0.2, 0.25) is 0 Å². The fourth-order valence-corrected chi connectivity index (χ4v) is 9.37. The number of hydrogen-bond acceptors (Lipinski definition) is 7. The zero-order chi connectivity index (χ0) is 27.6. The molecule has 0 saturated heterocycles. The Kier molecular flexibility index (Phi) is 9.33. The van der Waals surface area contributed by atoms with Gasteiger partial charge in [-0.15, -0.1) is 11.8 Å². The molecule has 1 aromatic rings. The second kappa shape index (κ2) is 12.0. The van der Waals surface area contributed by atoms with E-state index in [1.54, 1.807) is 31.0 Å². The highest BCUT2D eigenvalue weighted by Gasteiger charge is 2.68. The number of benzene rings is 1. The molecule has 0 N–H and O–H groups in total. The first-order valence-corrected chi connectivity index (χ1v) is 15.2. The number of Topliss-reactive ketones (excluding diaryl/α,β-unsaturated/α-hetero) is 1. The molecule has 1 aromatic carbocycles. The van der Waals surface area contributed by atoms with Crippen molar-refractivity contribution >= 4 is 23.5 Å². The molecule has 0 heterocycles. The van der Waals surface area contributed by atoms with Gasteiger partial charge >= 0.3 is 5.97 Å². The molecule has 0 radical (unpaired) electrons. The van der Waals surface area contributed by atoms with Gasteiger partial charge in [-0.05, 0) is 80.6 Å². The Balaban J connectivity index is 1.54. The minimum absolute atomic E-state index is 0.0451. The summed E-state index contributed by atoms with van der Waals surface area (Å²) in [5, 5.41) is 0. The highest BCUT2D eigenvalue weighted by atomic mass is 32.2. The molecule has 0 aliphatic heterocycles. The molecule has 0 amide bonds. The average Bonchev–Trinajstić information content (AvgIpc) is 3.33. The SMILES string of the molecule is COCO[C@@H]1C[C@@](C)(SCCCOC(=O)c2ccccc2)C(=O)[C@H](C)C23CC[C@@H](C)[C@]1(C)C2[C@H](OC)CC3. The van der Waals surface area contributed by atoms with Crippen LogP contribution in [0, 0.1) is 28.6 Å². The summed E-state index contributed by atoms with van der Waals surface area (Å²) in [4.78, 5) is 26.7. The van der Waals surface area contributed by atoms with Gasteiger partial charge in [0.1, 0.15) is 6.79 Å². The van der Waals surface area contributed by atoms with E-state index in [9.17, 15) is 9.59 Å². The largest absolute Gasteiger partial charge is 0.462 e. The summed E-state index contributed by atoms with van der Waals surface area (Å²) in [5.74, 6) is 1.43. The van der Waals surface area contributed by atoms with Crippen LogP contribution in [-0.2, 0) is 23.7 Å². The molecule has 3 saturated carbocycles. The molecule has 38 heavy (non-hydrogen) atoms. The maximum absolute atomic E-state index is 14.4. The summed E-state index contributed by atoms with van der Waals surface area (Å²) in [6, 6.07) is 9.06. The summed E-state index contributed by atoms with van der Waals surface area (Å²) < 4.78 is 22.9. The number of methoxy groups -OCH3 is 2. The molecular weight excluding hydrogens is 500 g/mol. The molecule has 6 nitrogen and oxygen atoms in total. The van der Waals surface area contributed by atoms with Crippen LogP contribution in [0.25, 0.3) is 0 Å². The first-order chi connectivity index (χ1) is 18.1. The van der Waals surface area contributed by atoms with Crippen molar-refractivity contribution < 1.29 is 28.5 Å². The molecule has 3 aliphatic carbocycles. The van der Waals surface area contributed by atoms with E-state index in [0.29, 0.717) is 36.7 Å². The number of ether oxygens (including phenoxy) is 4. The third-order valence-corrected chi connectivity index (χ3v) is 11.8. The standard InChI is InChI=1S/C31H46O6S/c1-21-13-15-31-16-14-24(35-6)26(31)30(21,4)25(37-20-34-5)19-29(3,27(32)22(31)2)38-18-10-17-36-28(33)23-11-8-7-9-12-23/h7-9,11-12,21-22,24-26H,10,13-20H2,1-6H3/t21-,22+,24-,25-,26?,29-,30+,31?/m1/s1. The molecule has 2 unspecified atom stereocenters. The van der Waals surface area contributed by atoms with E-state index in [0.717, 1.165) is 31.4 Å². The predicted molar refractivity (Wildman–Crippen MR) is 150 cm³/mol. The van der Waals surface area contributed by atoms with E-state index in [2.05, 4.69) is 27.7 Å². The van der Waals surface area contributed by atoms with Crippen molar-refractivity contribution in [2.45, 2.75) is 83.2 Å². The molecule has 3 aliphatic rings. The van der Waals surface area contributed by atoms with Crippen molar-refractivity contribution in [3.05, 3.63) is 35.9 Å². The van der Waals surface area contributed by atoms with Gasteiger partial charge in [0.05, 0.1) is 29.1 Å². The molecule has 3 fully saturated rings. The quantitative estimate of drug-likeness (QED) is 0.197. The van der Waals surface area contributed by atoms with Crippen LogP contribution in [0.1, 0.15) is 76.6 Å². The summed E-state index contributed by atoms with van der Waals surface area (Å²) in [7, 11) is 3.49. The molecule has 7 heteroatoms. The topological polar surface area (TPSA) is 71.1 Å². The second-order valence-corrected chi connectivity index (χ2v) is 13.7. The fourth-order valence-electron chi connectivity index (χ4n) is 8.07. The van der Waals surface area contributed by atoms with E-state index >= 15 is 0 Å². The summed E-state index contributed by atoms with van der Waals surface area (Å²) in [6.45, 7) is 9.59. The molecule has 8 atom stereocenters. The second-order valence-electron chi connectivity index (χ2n) is 12.1. The molecule has 2 bridgehead atoms. The Morgan fingerprint density at radius 2 is 1.79 bits per heavy atom. The van der Waals surface area contributed by atoms with Crippen molar-refractivity contribution in [2.24, 2.45) is 28.6 Å². The van der Waals surface area contributed by atoms with Crippen LogP contribution in [0.2, 0.25) is 0 Å². The van der Waals surface area contributed by atoms with Gasteiger partial charge < -0.3 is 18.9 Å². The number of thioether (sulfide) groups is 1. The summed E-state index contributed by atoms with van der Waals surface area (Å²) in [6.07, 6.45) is 5.53. The zero-order valence-corrected chi connectivity index (χ0v) is 24.8. The lowest BCUT2D eigenvalue weighted by Gasteiger charge is -2.62. The van der Waals surface area contributed by atoms with Gasteiger partial charge in [-0.25, -0.2) is 4.79 Å². The lowest BCUT2D eigenvalue weighted by molar-refractivity contribution is -0.211. The van der Waals surface area contributed by atoms with Crippen LogP contribution in [-0.4, -0.2) is 62.1 Å². The van der Waals surface area contributed by atoms with Crippen molar-refractivity contribution in [3.63, 3.8) is 0 Å². The number of carbonyl (C=O) groups excluding carboxylic acids is 2. The van der Waals surface area contributed by atoms with Crippen molar-refractivity contribution in [1.29, 1.82) is 0 Å². The lowest BCUT2D eigenvalue weighted by Crippen LogP contribution is -2.63. The van der Waals surface area contributed by atoms with Gasteiger partial charge in [-0.1, -0.05) is 39.0 Å². The number of hydrogen-bond donors (Lipinski definition) is 0. The van der Waals surface area contributed by atoms with E-state index in [1.807, 2.05) is 25.3 Å². The smallest absolute Gasteiger partial charge is 0.338 e. The Morgan fingerprint density at radius 3 is 2.47 bits per heavy atom. The van der Waals surface area contributed by atoms with E-state index in [1.165, 1.54) is 0 Å². The lowest BCUT2D eigenvalue weighted by atomic mass is 9.45. The van der Waals surface area contributed by atoms with Crippen LogP contribution in [0.5, 0.6) is 0 Å². The Labute approximate surface area is 232 Å². The monoisotopic (exact) mass is 546 g/mol. The molecule has 212 valence electrons. The van der Waals surface area contributed by atoms with Gasteiger partial charge in [0.25, 0.3) is 0 Å². The maximum Gasteiger partial charge on any atom is 0.338 e. The summed E-state index contributed by atoms with van der Waals surface area (Å²) in [5.41, 5.74) is 0.361. The minimum Gasteiger partial charge on any atom is -0.462 e. The Hall–Kier alpha value is -1.41. The van der Waals surface area contributed by atoms with E-state index < -0.39 is 4.75 Å². The van der Waals surface area contributed by atoms with Crippen molar-refractivity contribution in [3.8, 4) is 0 Å². The van der Waals surface area contributed by atoms with E-state index in [-0.39, 0.29) is 47.6 Å². The molecule has 4 rings (SSSR count). The van der Waals surface area contributed by atoms with Crippen molar-refractivity contribution in [1.82, 2.24) is 0 Å². The van der Waals surface area contributed by atoms with Crippen LogP contribution >= 0.6 is 11.8 Å². The Bertz CT molecular complexity index is 970. The molecule has 0 aromatic heterocycles. The number of ketones is 1. The number of esters is 1. The average molecular weight is 547 g/mol. The first kappa shape index (κ1) is 29.6. The normalized spacial score (nSPS) is 38.8. The fraction of sp³-hybridized carbons (Fsp3) is 0.742. The molecule has 0 spiro atoms. The van der Waals surface area contributed by atoms with Gasteiger partial charge in [-0.3, -0.25) is 4.79 Å². The van der Waals surface area contributed by atoms with Crippen LogP contribution in [0.3, 0.4) is 0 Å². The zero-order valence-electron chi connectivity index (χ0n) is 24.0. The van der Waals surface area contributed by atoms with Gasteiger partial charge in [0.15, 0.2) is 5.78 Å². The molecular formula is C31H46O6S. The highest BCUT2D eigenvalue weighted by Crippen LogP contribution is 2.68. The third-order valence-electron chi connectivity index (χ3n) is 10.3. The van der Waals surface area contributed by atoms with Crippen molar-refractivity contribution in [2.75, 3.05) is 33.4 Å². The third kappa shape index (κ3) is 5.21. The Morgan fingerprint density at radius 1 is 1.08 bits per heavy atom. The number of carbonyl (C=O) groups is 2. The summed E-state index contributed by atoms with van der Waals surface area (Å²) >= 11 is 1.70. The number of rotatable bonds is 10. The van der Waals surface area contributed by atoms with Crippen LogP contribution in [0.15, 0.2) is 30.3 Å².